The van der Waals surface area contributed by atoms with Gasteiger partial charge in [0, 0.05) is 0 Å². The maximum atomic E-state index is 9.61. The highest BCUT2D eigenvalue weighted by Crippen LogP contribution is 2.34. The summed E-state index contributed by atoms with van der Waals surface area (Å²) in [7, 11) is 0. The van der Waals surface area contributed by atoms with Gasteiger partial charge in [0.05, 0.1) is 12.2 Å². The lowest BCUT2D eigenvalue weighted by molar-refractivity contribution is 0.228. The van der Waals surface area contributed by atoms with E-state index in [0.717, 1.165) is 49.5 Å². The average Bonchev–Trinajstić information content (AvgIpc) is 2.78. The van der Waals surface area contributed by atoms with Crippen molar-refractivity contribution in [2.75, 3.05) is 6.61 Å². The van der Waals surface area contributed by atoms with Crippen LogP contribution in [0, 0.1) is 34.5 Å². The summed E-state index contributed by atoms with van der Waals surface area (Å²) in [5.74, 6) is 2.37. The Morgan fingerprint density at radius 2 is 1.40 bits per heavy atom. The number of ether oxygens (including phenoxy) is 1. The van der Waals surface area contributed by atoms with E-state index in [0.29, 0.717) is 23.5 Å². The van der Waals surface area contributed by atoms with Crippen LogP contribution in [-0.4, -0.2) is 6.61 Å². The third-order valence-corrected chi connectivity index (χ3v) is 6.72. The molecule has 1 aliphatic rings. The monoisotopic (exact) mass is 408 g/mol. The Morgan fingerprint density at radius 1 is 0.800 bits per heavy atom. The van der Waals surface area contributed by atoms with Crippen molar-refractivity contribution in [3.63, 3.8) is 0 Å². The number of nitrogens with zero attached hydrogens (tertiary/aromatic N) is 2. The Kier molecular flexibility index (Phi) is 11.4. The lowest BCUT2D eigenvalue weighted by Gasteiger charge is -2.28. The van der Waals surface area contributed by atoms with Crippen LogP contribution in [0.2, 0.25) is 0 Å². The molecule has 0 atom stereocenters. The summed E-state index contributed by atoms with van der Waals surface area (Å²) in [5.41, 5.74) is 1.90. The van der Waals surface area contributed by atoms with E-state index in [2.05, 4.69) is 26.0 Å². The van der Waals surface area contributed by atoms with Gasteiger partial charge in [-0.05, 0) is 49.1 Å². The smallest absolute Gasteiger partial charge is 0.138 e. The quantitative estimate of drug-likeness (QED) is 0.314. The summed E-state index contributed by atoms with van der Waals surface area (Å²) in [6.07, 6.45) is 17.5. The number of nitriles is 2. The van der Waals surface area contributed by atoms with Crippen molar-refractivity contribution in [2.45, 2.75) is 104 Å². The molecule has 0 aliphatic heterocycles. The van der Waals surface area contributed by atoms with E-state index in [9.17, 15) is 10.5 Å². The van der Waals surface area contributed by atoms with Crippen LogP contribution >= 0.6 is 0 Å². The molecule has 3 nitrogen and oxygen atoms in total. The summed E-state index contributed by atoms with van der Waals surface area (Å²) in [5, 5.41) is 19.2. The first-order valence-electron chi connectivity index (χ1n) is 12.3. The predicted molar refractivity (Wildman–Crippen MR) is 123 cm³/mol. The molecule has 1 saturated carbocycles. The van der Waals surface area contributed by atoms with Crippen LogP contribution in [0.25, 0.3) is 0 Å². The first-order chi connectivity index (χ1) is 14.7. The zero-order valence-corrected chi connectivity index (χ0v) is 19.2. The van der Waals surface area contributed by atoms with Crippen LogP contribution in [-0.2, 0) is 6.42 Å². The van der Waals surface area contributed by atoms with Crippen molar-refractivity contribution >= 4 is 0 Å². The molecular weight excluding hydrogens is 368 g/mol. The zero-order valence-electron chi connectivity index (χ0n) is 19.2. The van der Waals surface area contributed by atoms with Crippen molar-refractivity contribution in [1.29, 1.82) is 10.5 Å². The fourth-order valence-corrected chi connectivity index (χ4v) is 4.81. The van der Waals surface area contributed by atoms with Crippen molar-refractivity contribution in [3.05, 3.63) is 28.8 Å². The largest absolute Gasteiger partial charge is 0.492 e. The van der Waals surface area contributed by atoms with E-state index >= 15 is 0 Å². The second-order valence-electron chi connectivity index (χ2n) is 9.03. The topological polar surface area (TPSA) is 56.8 Å². The van der Waals surface area contributed by atoms with Gasteiger partial charge in [-0.3, -0.25) is 0 Å². The third kappa shape index (κ3) is 7.68. The van der Waals surface area contributed by atoms with Gasteiger partial charge in [0.2, 0.25) is 0 Å². The molecule has 3 heteroatoms. The Balaban J connectivity index is 1.77. The zero-order chi connectivity index (χ0) is 21.6. The van der Waals surface area contributed by atoms with Gasteiger partial charge in [0.15, 0.2) is 0 Å². The van der Waals surface area contributed by atoms with Crippen LogP contribution in [0.5, 0.6) is 5.75 Å². The highest BCUT2D eigenvalue weighted by molar-refractivity contribution is 5.57. The molecule has 0 spiro atoms. The second-order valence-corrected chi connectivity index (χ2v) is 9.03. The Hall–Kier alpha value is -2.00. The molecule has 0 bridgehead atoms. The van der Waals surface area contributed by atoms with Crippen LogP contribution < -0.4 is 4.74 Å². The maximum absolute atomic E-state index is 9.61. The molecule has 1 aromatic rings. The van der Waals surface area contributed by atoms with E-state index < -0.39 is 0 Å². The number of hydrogen-bond donors (Lipinski definition) is 0. The van der Waals surface area contributed by atoms with Gasteiger partial charge in [0.1, 0.15) is 23.5 Å². The van der Waals surface area contributed by atoms with Gasteiger partial charge < -0.3 is 4.74 Å². The minimum Gasteiger partial charge on any atom is -0.492 e. The first kappa shape index (κ1) is 24.3. The fourth-order valence-electron chi connectivity index (χ4n) is 4.81. The summed E-state index contributed by atoms with van der Waals surface area (Å²) >= 11 is 0. The molecule has 0 amide bonds. The van der Waals surface area contributed by atoms with Crippen LogP contribution in [0.4, 0.5) is 0 Å². The van der Waals surface area contributed by atoms with E-state index in [4.69, 9.17) is 4.74 Å². The fraction of sp³-hybridized carbons (Fsp3) is 0.704. The molecule has 1 fully saturated rings. The molecule has 0 aromatic heterocycles. The van der Waals surface area contributed by atoms with Gasteiger partial charge >= 0.3 is 0 Å². The molecular formula is C27H40N2O. The highest BCUT2D eigenvalue weighted by Gasteiger charge is 2.20. The van der Waals surface area contributed by atoms with E-state index in [1.807, 2.05) is 12.1 Å². The standard InChI is InChI=1S/C27H40N2O/c1-3-5-7-10-22-13-15-23(16-14-22)11-9-19-30-27-18-17-24(12-8-6-4-2)25(20-28)26(27)21-29/h17-18,22-23H,3-16,19H2,1-2H3/t22-,23-. The Morgan fingerprint density at radius 3 is 2.00 bits per heavy atom. The second kappa shape index (κ2) is 14.1. The Labute approximate surface area is 184 Å². The van der Waals surface area contributed by atoms with Gasteiger partial charge in [-0.25, -0.2) is 0 Å². The lowest BCUT2D eigenvalue weighted by atomic mass is 9.78. The molecule has 0 unspecified atom stereocenters. The van der Waals surface area contributed by atoms with Gasteiger partial charge in [-0.15, -0.1) is 0 Å². The molecule has 164 valence electrons. The SMILES string of the molecule is CCCCCc1ccc(OCCC[C@H]2CC[C@H](CCCCC)CC2)c(C#N)c1C#N. The molecule has 1 aromatic carbocycles. The molecule has 0 heterocycles. The number of aryl methyl sites for hydroxylation is 1. The minimum absolute atomic E-state index is 0.416. The number of unbranched alkanes of at least 4 members (excludes halogenated alkanes) is 4. The van der Waals surface area contributed by atoms with Crippen molar-refractivity contribution in [1.82, 2.24) is 0 Å². The average molecular weight is 409 g/mol. The van der Waals surface area contributed by atoms with Crippen molar-refractivity contribution < 1.29 is 4.74 Å². The van der Waals surface area contributed by atoms with Crippen molar-refractivity contribution in [2.24, 2.45) is 11.8 Å². The number of benzene rings is 1. The van der Waals surface area contributed by atoms with E-state index in [1.54, 1.807) is 0 Å². The number of hydrogen-bond acceptors (Lipinski definition) is 3. The lowest BCUT2D eigenvalue weighted by Crippen LogP contribution is -2.15. The van der Waals surface area contributed by atoms with Gasteiger partial charge in [0.25, 0.3) is 0 Å². The van der Waals surface area contributed by atoms with Gasteiger partial charge in [-0.1, -0.05) is 84.1 Å². The molecule has 1 aliphatic carbocycles. The maximum Gasteiger partial charge on any atom is 0.138 e. The molecule has 0 N–H and O–H groups in total. The predicted octanol–water partition coefficient (Wildman–Crippen LogP) is 7.71. The Bertz CT molecular complexity index is 705. The molecule has 2 rings (SSSR count). The molecule has 0 radical (unpaired) electrons. The van der Waals surface area contributed by atoms with Crippen LogP contribution in [0.15, 0.2) is 12.1 Å². The van der Waals surface area contributed by atoms with E-state index in [1.165, 1.54) is 57.8 Å². The summed E-state index contributed by atoms with van der Waals surface area (Å²) in [6, 6.07) is 8.33. The normalized spacial score (nSPS) is 18.5. The summed E-state index contributed by atoms with van der Waals surface area (Å²) < 4.78 is 5.96. The van der Waals surface area contributed by atoms with Crippen molar-refractivity contribution in [3.8, 4) is 17.9 Å². The summed E-state index contributed by atoms with van der Waals surface area (Å²) in [6.45, 7) is 5.08. The number of rotatable bonds is 13. The highest BCUT2D eigenvalue weighted by atomic mass is 16.5. The van der Waals surface area contributed by atoms with E-state index in [-0.39, 0.29) is 0 Å². The first-order valence-corrected chi connectivity index (χ1v) is 12.3. The summed E-state index contributed by atoms with van der Waals surface area (Å²) in [4.78, 5) is 0. The molecule has 30 heavy (non-hydrogen) atoms. The third-order valence-electron chi connectivity index (χ3n) is 6.72. The molecule has 0 saturated heterocycles. The van der Waals surface area contributed by atoms with Crippen LogP contribution in [0.1, 0.15) is 114 Å². The van der Waals surface area contributed by atoms with Gasteiger partial charge in [-0.2, -0.15) is 10.5 Å². The van der Waals surface area contributed by atoms with Crippen LogP contribution in [0.3, 0.4) is 0 Å². The minimum atomic E-state index is 0.416.